The van der Waals surface area contributed by atoms with Crippen LogP contribution in [0.2, 0.25) is 0 Å². The van der Waals surface area contributed by atoms with Gasteiger partial charge in [0.25, 0.3) is 5.56 Å². The number of hydrogen-bond acceptors (Lipinski definition) is 4. The van der Waals surface area contributed by atoms with Crippen LogP contribution in [0.5, 0.6) is 0 Å². The van der Waals surface area contributed by atoms with Crippen molar-refractivity contribution in [3.05, 3.63) is 26.7 Å². The van der Waals surface area contributed by atoms with Crippen LogP contribution >= 0.6 is 0 Å². The van der Waals surface area contributed by atoms with E-state index < -0.39 is 0 Å². The predicted molar refractivity (Wildman–Crippen MR) is 87.1 cm³/mol. The van der Waals surface area contributed by atoms with Gasteiger partial charge in [0.05, 0.1) is 0 Å². The molecule has 0 bridgehead atoms. The molecule has 2 heterocycles. The zero-order valence-corrected chi connectivity index (χ0v) is 13.8. The highest BCUT2D eigenvalue weighted by molar-refractivity contribution is 5.71. The first-order valence-electron chi connectivity index (χ1n) is 7.81. The third-order valence-electron chi connectivity index (χ3n) is 3.80. The molecule has 22 heavy (non-hydrogen) atoms. The molecule has 0 saturated heterocycles. The number of hydrogen-bond donors (Lipinski definition) is 1. The van der Waals surface area contributed by atoms with Gasteiger partial charge in [-0.2, -0.15) is 0 Å². The molecule has 0 fully saturated rings. The van der Waals surface area contributed by atoms with Gasteiger partial charge in [-0.05, 0) is 25.8 Å². The topological polar surface area (TPSA) is 87.8 Å². The molecule has 0 aliphatic rings. The maximum Gasteiger partial charge on any atom is 0.332 e. The molecule has 0 unspecified atom stereocenters. The second-order valence-corrected chi connectivity index (χ2v) is 5.98. The van der Waals surface area contributed by atoms with E-state index in [4.69, 9.17) is 5.73 Å². The Morgan fingerprint density at radius 1 is 1.23 bits per heavy atom. The third kappa shape index (κ3) is 2.72. The molecule has 0 aliphatic heterocycles. The van der Waals surface area contributed by atoms with Gasteiger partial charge in [0.15, 0.2) is 11.2 Å². The van der Waals surface area contributed by atoms with Crippen LogP contribution in [0.3, 0.4) is 0 Å². The van der Waals surface area contributed by atoms with E-state index in [1.807, 2.05) is 11.5 Å². The first-order valence-corrected chi connectivity index (χ1v) is 7.81. The maximum absolute atomic E-state index is 12.7. The second-order valence-electron chi connectivity index (χ2n) is 5.98. The largest absolute Gasteiger partial charge is 0.332 e. The molecule has 0 radical (unpaired) electrons. The van der Waals surface area contributed by atoms with Crippen molar-refractivity contribution in [1.29, 1.82) is 0 Å². The lowest BCUT2D eigenvalue weighted by atomic mass is 10.1. The average molecular weight is 307 g/mol. The lowest BCUT2D eigenvalue weighted by Gasteiger charge is -2.09. The first kappa shape index (κ1) is 16.5. The number of rotatable bonds is 6. The fourth-order valence-electron chi connectivity index (χ4n) is 2.72. The Morgan fingerprint density at radius 2 is 1.91 bits per heavy atom. The zero-order chi connectivity index (χ0) is 16.4. The Hall–Kier alpha value is -1.89. The van der Waals surface area contributed by atoms with Gasteiger partial charge in [-0.25, -0.2) is 9.78 Å². The van der Waals surface area contributed by atoms with Crippen molar-refractivity contribution in [1.82, 2.24) is 18.7 Å². The van der Waals surface area contributed by atoms with E-state index in [-0.39, 0.29) is 11.2 Å². The third-order valence-corrected chi connectivity index (χ3v) is 3.80. The number of imidazole rings is 1. The van der Waals surface area contributed by atoms with E-state index in [9.17, 15) is 9.59 Å². The highest BCUT2D eigenvalue weighted by Crippen LogP contribution is 2.14. The Labute approximate surface area is 129 Å². The molecule has 0 amide bonds. The molecule has 0 aromatic carbocycles. The van der Waals surface area contributed by atoms with Gasteiger partial charge < -0.3 is 10.3 Å². The summed E-state index contributed by atoms with van der Waals surface area (Å²) in [6, 6.07) is 0. The summed E-state index contributed by atoms with van der Waals surface area (Å²) in [5.41, 5.74) is 5.88. The second kappa shape index (κ2) is 6.48. The van der Waals surface area contributed by atoms with Crippen molar-refractivity contribution in [2.24, 2.45) is 18.7 Å². The van der Waals surface area contributed by atoms with E-state index in [2.05, 4.69) is 18.8 Å². The highest BCUT2D eigenvalue weighted by Gasteiger charge is 2.19. The lowest BCUT2D eigenvalue weighted by molar-refractivity contribution is 0.573. The van der Waals surface area contributed by atoms with Gasteiger partial charge in [0, 0.05) is 26.6 Å². The van der Waals surface area contributed by atoms with E-state index in [0.717, 1.165) is 12.2 Å². The number of nitrogens with two attached hydrogens (primary N) is 1. The van der Waals surface area contributed by atoms with E-state index in [1.165, 1.54) is 9.13 Å². The number of aromatic nitrogens is 4. The average Bonchev–Trinajstić information content (AvgIpc) is 2.82. The van der Waals surface area contributed by atoms with E-state index in [1.54, 1.807) is 7.05 Å². The van der Waals surface area contributed by atoms with Crippen LogP contribution in [0.25, 0.3) is 11.2 Å². The Balaban J connectivity index is 2.78. The van der Waals surface area contributed by atoms with Crippen LogP contribution in [0.15, 0.2) is 9.59 Å². The Kier molecular flexibility index (Phi) is 4.85. The molecule has 2 aromatic heterocycles. The van der Waals surface area contributed by atoms with Crippen molar-refractivity contribution in [3.8, 4) is 0 Å². The lowest BCUT2D eigenvalue weighted by Crippen LogP contribution is -2.40. The molecular weight excluding hydrogens is 282 g/mol. The molecule has 0 aliphatic carbocycles. The van der Waals surface area contributed by atoms with Crippen LogP contribution in [0, 0.1) is 5.92 Å². The smallest absolute Gasteiger partial charge is 0.330 e. The molecule has 0 spiro atoms. The number of aryl methyl sites for hydroxylation is 2. The summed E-state index contributed by atoms with van der Waals surface area (Å²) in [6.45, 7) is 7.64. The monoisotopic (exact) mass is 307 g/mol. The molecule has 0 atom stereocenters. The van der Waals surface area contributed by atoms with E-state index >= 15 is 0 Å². The summed E-state index contributed by atoms with van der Waals surface area (Å²) in [7, 11) is 1.66. The Morgan fingerprint density at radius 3 is 2.45 bits per heavy atom. The van der Waals surface area contributed by atoms with Crippen LogP contribution in [-0.2, 0) is 26.6 Å². The van der Waals surface area contributed by atoms with Crippen molar-refractivity contribution in [3.63, 3.8) is 0 Å². The van der Waals surface area contributed by atoms with Gasteiger partial charge >= 0.3 is 5.69 Å². The van der Waals surface area contributed by atoms with Crippen molar-refractivity contribution < 1.29 is 0 Å². The summed E-state index contributed by atoms with van der Waals surface area (Å²) < 4.78 is 4.65. The fraction of sp³-hybridized carbons (Fsp3) is 0.667. The summed E-state index contributed by atoms with van der Waals surface area (Å²) in [5, 5.41) is 0. The first-order chi connectivity index (χ1) is 10.4. The van der Waals surface area contributed by atoms with Gasteiger partial charge in [-0.3, -0.25) is 13.9 Å². The van der Waals surface area contributed by atoms with Crippen LogP contribution < -0.4 is 17.0 Å². The van der Waals surface area contributed by atoms with Gasteiger partial charge in [0.1, 0.15) is 5.82 Å². The van der Waals surface area contributed by atoms with Crippen LogP contribution in [0.1, 0.15) is 33.0 Å². The van der Waals surface area contributed by atoms with E-state index in [0.29, 0.717) is 43.1 Å². The standard InChI is InChI=1S/C15H25N5O2/c1-5-19-11(9-10(2)3)17-13-12(19)14(21)20(8-6-7-16)15(22)18(13)4/h10H,5-9,16H2,1-4H3. The zero-order valence-electron chi connectivity index (χ0n) is 13.8. The summed E-state index contributed by atoms with van der Waals surface area (Å²) in [4.78, 5) is 29.7. The quantitative estimate of drug-likeness (QED) is 0.840. The Bertz CT molecular complexity index is 782. The SMILES string of the molecule is CCn1c(CC(C)C)nc2c1c(=O)n(CCCN)c(=O)n2C. The summed E-state index contributed by atoms with van der Waals surface area (Å²) in [5.74, 6) is 1.29. The minimum atomic E-state index is -0.331. The fourth-order valence-corrected chi connectivity index (χ4v) is 2.72. The molecule has 122 valence electrons. The van der Waals surface area contributed by atoms with Crippen LogP contribution in [0.4, 0.5) is 0 Å². The van der Waals surface area contributed by atoms with Crippen molar-refractivity contribution in [2.45, 2.75) is 46.7 Å². The summed E-state index contributed by atoms with van der Waals surface area (Å²) >= 11 is 0. The predicted octanol–water partition coefficient (Wildman–Crippen LogP) is 0.464. The van der Waals surface area contributed by atoms with Gasteiger partial charge in [0.2, 0.25) is 0 Å². The normalized spacial score (nSPS) is 11.7. The highest BCUT2D eigenvalue weighted by atomic mass is 16.2. The maximum atomic E-state index is 12.7. The minimum absolute atomic E-state index is 0.268. The molecule has 7 heteroatoms. The molecule has 2 rings (SSSR count). The summed E-state index contributed by atoms with van der Waals surface area (Å²) in [6.07, 6.45) is 1.37. The molecular formula is C15H25N5O2. The number of nitrogens with zero attached hydrogens (tertiary/aromatic N) is 4. The molecule has 7 nitrogen and oxygen atoms in total. The van der Waals surface area contributed by atoms with Gasteiger partial charge in [-0.15, -0.1) is 0 Å². The van der Waals surface area contributed by atoms with Crippen LogP contribution in [-0.4, -0.2) is 25.2 Å². The minimum Gasteiger partial charge on any atom is -0.330 e. The molecule has 2 aromatic rings. The molecule has 2 N–H and O–H groups in total. The van der Waals surface area contributed by atoms with Crippen molar-refractivity contribution >= 4 is 11.2 Å². The van der Waals surface area contributed by atoms with Crippen molar-refractivity contribution in [2.75, 3.05) is 6.54 Å². The number of fused-ring (bicyclic) bond motifs is 1. The van der Waals surface area contributed by atoms with Gasteiger partial charge in [-0.1, -0.05) is 13.8 Å². The molecule has 0 saturated carbocycles.